The smallest absolute Gasteiger partial charge is 0.165 e. The van der Waals surface area contributed by atoms with E-state index in [4.69, 9.17) is 4.74 Å². The van der Waals surface area contributed by atoms with Crippen LogP contribution in [0.3, 0.4) is 0 Å². The molecule has 0 heterocycles. The second-order valence-corrected chi connectivity index (χ2v) is 4.48. The van der Waals surface area contributed by atoms with Crippen molar-refractivity contribution in [1.29, 1.82) is 0 Å². The van der Waals surface area contributed by atoms with Crippen molar-refractivity contribution in [3.8, 4) is 5.75 Å². The van der Waals surface area contributed by atoms with Gasteiger partial charge in [0.05, 0.1) is 7.11 Å². The lowest BCUT2D eigenvalue weighted by atomic mass is 10.1. The van der Waals surface area contributed by atoms with E-state index in [0.29, 0.717) is 6.54 Å². The third-order valence-electron chi connectivity index (χ3n) is 3.13. The summed E-state index contributed by atoms with van der Waals surface area (Å²) in [5.74, 6) is -0.0472. The second kappa shape index (κ2) is 6.34. The van der Waals surface area contributed by atoms with E-state index in [1.54, 1.807) is 6.07 Å². The minimum absolute atomic E-state index is 0.228. The SMILES string of the molecule is COc1ccc(CN[C@H](C)c2ccccc2)cc1F. The van der Waals surface area contributed by atoms with Crippen molar-refractivity contribution in [2.75, 3.05) is 7.11 Å². The Balaban J connectivity index is 1.97. The number of halogens is 1. The maximum Gasteiger partial charge on any atom is 0.165 e. The molecule has 0 aliphatic rings. The molecule has 2 rings (SSSR count). The van der Waals surface area contributed by atoms with Crippen LogP contribution in [0.15, 0.2) is 48.5 Å². The highest BCUT2D eigenvalue weighted by Crippen LogP contribution is 2.18. The number of hydrogen-bond donors (Lipinski definition) is 1. The minimum Gasteiger partial charge on any atom is -0.494 e. The standard InChI is InChI=1S/C16H18FNO/c1-12(14-6-4-3-5-7-14)18-11-13-8-9-16(19-2)15(17)10-13/h3-10,12,18H,11H2,1-2H3/t12-/m1/s1. The average Bonchev–Trinajstić information content (AvgIpc) is 2.46. The van der Waals surface area contributed by atoms with Crippen LogP contribution in [0.1, 0.15) is 24.1 Å². The molecule has 0 saturated heterocycles. The van der Waals surface area contributed by atoms with E-state index in [-0.39, 0.29) is 17.6 Å². The highest BCUT2D eigenvalue weighted by molar-refractivity contribution is 5.29. The minimum atomic E-state index is -0.325. The van der Waals surface area contributed by atoms with E-state index < -0.39 is 0 Å². The molecule has 2 nitrogen and oxygen atoms in total. The Labute approximate surface area is 113 Å². The maximum atomic E-state index is 13.5. The summed E-state index contributed by atoms with van der Waals surface area (Å²) in [7, 11) is 1.47. The number of benzene rings is 2. The molecule has 2 aromatic rings. The van der Waals surface area contributed by atoms with E-state index in [9.17, 15) is 4.39 Å². The van der Waals surface area contributed by atoms with Gasteiger partial charge in [-0.3, -0.25) is 0 Å². The Morgan fingerprint density at radius 3 is 2.53 bits per heavy atom. The predicted octanol–water partition coefficient (Wildman–Crippen LogP) is 3.69. The Morgan fingerprint density at radius 1 is 1.16 bits per heavy atom. The lowest BCUT2D eigenvalue weighted by Gasteiger charge is -2.14. The van der Waals surface area contributed by atoms with Gasteiger partial charge in [0, 0.05) is 12.6 Å². The zero-order valence-electron chi connectivity index (χ0n) is 11.2. The van der Waals surface area contributed by atoms with Gasteiger partial charge in [-0.2, -0.15) is 0 Å². The van der Waals surface area contributed by atoms with Crippen LogP contribution in [0, 0.1) is 5.82 Å². The molecule has 2 aromatic carbocycles. The van der Waals surface area contributed by atoms with Gasteiger partial charge in [0.25, 0.3) is 0 Å². The Hall–Kier alpha value is -1.87. The summed E-state index contributed by atoms with van der Waals surface area (Å²) < 4.78 is 18.4. The maximum absolute atomic E-state index is 13.5. The summed E-state index contributed by atoms with van der Waals surface area (Å²) in [4.78, 5) is 0. The average molecular weight is 259 g/mol. The fourth-order valence-electron chi connectivity index (χ4n) is 1.95. The molecule has 0 aliphatic carbocycles. The zero-order valence-corrected chi connectivity index (χ0v) is 11.2. The first kappa shape index (κ1) is 13.6. The molecule has 0 aliphatic heterocycles. The normalized spacial score (nSPS) is 12.2. The van der Waals surface area contributed by atoms with Gasteiger partial charge in [0.2, 0.25) is 0 Å². The molecule has 0 radical (unpaired) electrons. The summed E-state index contributed by atoms with van der Waals surface area (Å²) in [6.07, 6.45) is 0. The molecule has 100 valence electrons. The first-order valence-electron chi connectivity index (χ1n) is 6.31. The predicted molar refractivity (Wildman–Crippen MR) is 74.6 cm³/mol. The third kappa shape index (κ3) is 3.55. The van der Waals surface area contributed by atoms with E-state index in [2.05, 4.69) is 24.4 Å². The summed E-state index contributed by atoms with van der Waals surface area (Å²) in [5, 5.41) is 3.37. The van der Waals surface area contributed by atoms with Gasteiger partial charge >= 0.3 is 0 Å². The van der Waals surface area contributed by atoms with Crippen LogP contribution in [0.2, 0.25) is 0 Å². The molecule has 0 bridgehead atoms. The summed E-state index contributed by atoms with van der Waals surface area (Å²) in [5.41, 5.74) is 2.12. The van der Waals surface area contributed by atoms with Crippen molar-refractivity contribution < 1.29 is 9.13 Å². The molecule has 0 unspecified atom stereocenters. The van der Waals surface area contributed by atoms with Crippen molar-refractivity contribution >= 4 is 0 Å². The third-order valence-corrected chi connectivity index (χ3v) is 3.13. The lowest BCUT2D eigenvalue weighted by Crippen LogP contribution is -2.18. The fourth-order valence-corrected chi connectivity index (χ4v) is 1.95. The summed E-state index contributed by atoms with van der Waals surface area (Å²) in [6.45, 7) is 2.71. The molecule has 3 heteroatoms. The van der Waals surface area contributed by atoms with Crippen molar-refractivity contribution in [1.82, 2.24) is 5.32 Å². The van der Waals surface area contributed by atoms with E-state index in [0.717, 1.165) is 5.56 Å². The van der Waals surface area contributed by atoms with Crippen LogP contribution < -0.4 is 10.1 Å². The highest BCUT2D eigenvalue weighted by atomic mass is 19.1. The van der Waals surface area contributed by atoms with Gasteiger partial charge in [-0.1, -0.05) is 36.4 Å². The number of ether oxygens (including phenoxy) is 1. The zero-order chi connectivity index (χ0) is 13.7. The van der Waals surface area contributed by atoms with Crippen LogP contribution in [-0.4, -0.2) is 7.11 Å². The van der Waals surface area contributed by atoms with Crippen LogP contribution >= 0.6 is 0 Å². The van der Waals surface area contributed by atoms with Gasteiger partial charge in [0.15, 0.2) is 11.6 Å². The molecule has 0 aromatic heterocycles. The van der Waals surface area contributed by atoms with Gasteiger partial charge in [-0.15, -0.1) is 0 Å². The van der Waals surface area contributed by atoms with Crippen LogP contribution in [0.25, 0.3) is 0 Å². The monoisotopic (exact) mass is 259 g/mol. The van der Waals surface area contributed by atoms with E-state index in [1.165, 1.54) is 18.7 Å². The Morgan fingerprint density at radius 2 is 1.89 bits per heavy atom. The molecular formula is C16H18FNO. The van der Waals surface area contributed by atoms with Crippen LogP contribution in [-0.2, 0) is 6.54 Å². The number of nitrogens with one attached hydrogen (secondary N) is 1. The number of rotatable bonds is 5. The van der Waals surface area contributed by atoms with E-state index in [1.807, 2.05) is 24.3 Å². The molecule has 0 fully saturated rings. The van der Waals surface area contributed by atoms with Crippen LogP contribution in [0.5, 0.6) is 5.75 Å². The molecular weight excluding hydrogens is 241 g/mol. The highest BCUT2D eigenvalue weighted by Gasteiger charge is 2.06. The topological polar surface area (TPSA) is 21.3 Å². The lowest BCUT2D eigenvalue weighted by molar-refractivity contribution is 0.386. The quantitative estimate of drug-likeness (QED) is 0.884. The van der Waals surface area contributed by atoms with E-state index >= 15 is 0 Å². The van der Waals surface area contributed by atoms with Gasteiger partial charge in [-0.05, 0) is 30.2 Å². The molecule has 0 saturated carbocycles. The Kier molecular flexibility index (Phi) is 4.53. The fraction of sp³-hybridized carbons (Fsp3) is 0.250. The second-order valence-electron chi connectivity index (χ2n) is 4.48. The van der Waals surface area contributed by atoms with Crippen molar-refractivity contribution in [2.45, 2.75) is 19.5 Å². The van der Waals surface area contributed by atoms with Crippen molar-refractivity contribution in [2.24, 2.45) is 0 Å². The summed E-state index contributed by atoms with van der Waals surface area (Å²) >= 11 is 0. The van der Waals surface area contributed by atoms with Crippen molar-refractivity contribution in [3.63, 3.8) is 0 Å². The molecule has 19 heavy (non-hydrogen) atoms. The molecule has 0 amide bonds. The first-order valence-corrected chi connectivity index (χ1v) is 6.31. The molecule has 0 spiro atoms. The van der Waals surface area contributed by atoms with Crippen molar-refractivity contribution in [3.05, 3.63) is 65.5 Å². The first-order chi connectivity index (χ1) is 9.20. The Bertz CT molecular complexity index is 528. The summed E-state index contributed by atoms with van der Waals surface area (Å²) in [6, 6.07) is 15.4. The van der Waals surface area contributed by atoms with Crippen LogP contribution in [0.4, 0.5) is 4.39 Å². The molecule has 1 N–H and O–H groups in total. The van der Waals surface area contributed by atoms with Gasteiger partial charge < -0.3 is 10.1 Å². The number of hydrogen-bond acceptors (Lipinski definition) is 2. The number of methoxy groups -OCH3 is 1. The largest absolute Gasteiger partial charge is 0.494 e. The molecule has 1 atom stereocenters. The van der Waals surface area contributed by atoms with Gasteiger partial charge in [0.1, 0.15) is 0 Å². The van der Waals surface area contributed by atoms with Gasteiger partial charge in [-0.25, -0.2) is 4.39 Å².